The molecule has 2 amide bonds. The number of carbonyl (C=O) groups is 2. The highest BCUT2D eigenvalue weighted by Crippen LogP contribution is 2.18. The Morgan fingerprint density at radius 2 is 1.71 bits per heavy atom. The number of rotatable bonds is 6. The fourth-order valence-corrected chi connectivity index (χ4v) is 4.18. The average Bonchev–Trinajstić information content (AvgIpc) is 3.13. The predicted octanol–water partition coefficient (Wildman–Crippen LogP) is 3.94. The number of thiazole rings is 1. The molecule has 7 nitrogen and oxygen atoms in total. The van der Waals surface area contributed by atoms with E-state index in [1.165, 1.54) is 29.4 Å². The van der Waals surface area contributed by atoms with Gasteiger partial charge < -0.3 is 15.0 Å². The SMILES string of the molecule is CC(=O)Nc1nc(CCc2ccc(CN3CCN(C(=O)OC(C)(C)C)CC3)cc2)cs1. The van der Waals surface area contributed by atoms with Gasteiger partial charge in [-0.3, -0.25) is 9.69 Å². The molecule has 0 saturated carbocycles. The average molecular weight is 445 g/mol. The Bertz CT molecular complexity index is 881. The molecule has 1 aliphatic heterocycles. The van der Waals surface area contributed by atoms with Crippen molar-refractivity contribution in [2.24, 2.45) is 0 Å². The zero-order chi connectivity index (χ0) is 22.4. The molecule has 1 aromatic heterocycles. The number of ether oxygens (including phenoxy) is 1. The smallest absolute Gasteiger partial charge is 0.410 e. The van der Waals surface area contributed by atoms with Crippen molar-refractivity contribution in [1.82, 2.24) is 14.8 Å². The maximum absolute atomic E-state index is 12.2. The monoisotopic (exact) mass is 444 g/mol. The molecule has 1 fully saturated rings. The van der Waals surface area contributed by atoms with Crippen LogP contribution in [0.15, 0.2) is 29.6 Å². The second kappa shape index (κ2) is 10.2. The van der Waals surface area contributed by atoms with Gasteiger partial charge in [0.2, 0.25) is 5.91 Å². The van der Waals surface area contributed by atoms with E-state index in [1.807, 2.05) is 26.2 Å². The number of anilines is 1. The van der Waals surface area contributed by atoms with E-state index in [2.05, 4.69) is 39.5 Å². The fourth-order valence-electron chi connectivity index (χ4n) is 3.39. The molecular weight excluding hydrogens is 412 g/mol. The molecule has 8 heteroatoms. The summed E-state index contributed by atoms with van der Waals surface area (Å²) in [5.41, 5.74) is 3.09. The summed E-state index contributed by atoms with van der Waals surface area (Å²) in [6.07, 6.45) is 1.54. The highest BCUT2D eigenvalue weighted by atomic mass is 32.1. The molecule has 31 heavy (non-hydrogen) atoms. The van der Waals surface area contributed by atoms with Crippen molar-refractivity contribution < 1.29 is 14.3 Å². The fraction of sp³-hybridized carbons (Fsp3) is 0.522. The van der Waals surface area contributed by atoms with Crippen LogP contribution in [0.4, 0.5) is 9.93 Å². The zero-order valence-electron chi connectivity index (χ0n) is 18.8. The van der Waals surface area contributed by atoms with E-state index in [-0.39, 0.29) is 12.0 Å². The van der Waals surface area contributed by atoms with E-state index in [1.54, 1.807) is 4.90 Å². The van der Waals surface area contributed by atoms with Crippen LogP contribution in [0.3, 0.4) is 0 Å². The summed E-state index contributed by atoms with van der Waals surface area (Å²) in [6, 6.07) is 8.71. The third-order valence-corrected chi connectivity index (χ3v) is 5.76. The Hall–Kier alpha value is -2.45. The molecule has 3 rings (SSSR count). The van der Waals surface area contributed by atoms with Gasteiger partial charge in [0.15, 0.2) is 5.13 Å². The van der Waals surface area contributed by atoms with Gasteiger partial charge in [0.1, 0.15) is 5.60 Å². The third-order valence-electron chi connectivity index (χ3n) is 4.96. The first-order valence-electron chi connectivity index (χ1n) is 10.7. The Morgan fingerprint density at radius 3 is 2.32 bits per heavy atom. The third kappa shape index (κ3) is 7.63. The number of piperazine rings is 1. The van der Waals surface area contributed by atoms with Gasteiger partial charge in [-0.25, -0.2) is 9.78 Å². The van der Waals surface area contributed by atoms with E-state index in [9.17, 15) is 9.59 Å². The summed E-state index contributed by atoms with van der Waals surface area (Å²) >= 11 is 1.46. The van der Waals surface area contributed by atoms with Crippen molar-refractivity contribution in [3.05, 3.63) is 46.5 Å². The molecule has 2 aromatic rings. The van der Waals surface area contributed by atoms with Crippen LogP contribution in [0.1, 0.15) is 44.5 Å². The number of carbonyl (C=O) groups excluding carboxylic acids is 2. The normalized spacial score (nSPS) is 15.0. The molecule has 0 aliphatic carbocycles. The second-order valence-corrected chi connectivity index (χ2v) is 9.74. The largest absolute Gasteiger partial charge is 0.444 e. The van der Waals surface area contributed by atoms with Crippen molar-refractivity contribution in [2.75, 3.05) is 31.5 Å². The minimum absolute atomic E-state index is 0.0947. The number of benzene rings is 1. The molecule has 0 bridgehead atoms. The Balaban J connectivity index is 1.42. The molecule has 0 radical (unpaired) electrons. The van der Waals surface area contributed by atoms with Crippen molar-refractivity contribution >= 4 is 28.5 Å². The van der Waals surface area contributed by atoms with Crippen LogP contribution in [0.2, 0.25) is 0 Å². The molecule has 0 atom stereocenters. The molecular formula is C23H32N4O3S. The van der Waals surface area contributed by atoms with Crippen LogP contribution >= 0.6 is 11.3 Å². The Labute approximate surface area is 188 Å². The first kappa shape index (κ1) is 23.2. The lowest BCUT2D eigenvalue weighted by molar-refractivity contribution is -0.114. The summed E-state index contributed by atoms with van der Waals surface area (Å²) in [5.74, 6) is -0.0947. The lowest BCUT2D eigenvalue weighted by Crippen LogP contribution is -2.49. The maximum Gasteiger partial charge on any atom is 0.410 e. The van der Waals surface area contributed by atoms with Gasteiger partial charge in [-0.2, -0.15) is 0 Å². The Morgan fingerprint density at radius 1 is 1.06 bits per heavy atom. The Kier molecular flexibility index (Phi) is 7.67. The number of hydrogen-bond acceptors (Lipinski definition) is 6. The van der Waals surface area contributed by atoms with Crippen LogP contribution in [0.5, 0.6) is 0 Å². The van der Waals surface area contributed by atoms with Crippen molar-refractivity contribution in [3.63, 3.8) is 0 Å². The number of nitrogens with zero attached hydrogens (tertiary/aromatic N) is 3. The predicted molar refractivity (Wildman–Crippen MR) is 123 cm³/mol. The molecule has 1 aliphatic rings. The van der Waals surface area contributed by atoms with E-state index in [0.29, 0.717) is 18.2 Å². The van der Waals surface area contributed by atoms with Gasteiger partial charge >= 0.3 is 6.09 Å². The second-order valence-electron chi connectivity index (χ2n) is 8.89. The summed E-state index contributed by atoms with van der Waals surface area (Å²) in [4.78, 5) is 31.9. The van der Waals surface area contributed by atoms with Crippen LogP contribution < -0.4 is 5.32 Å². The maximum atomic E-state index is 12.2. The van der Waals surface area contributed by atoms with E-state index in [0.717, 1.165) is 38.2 Å². The van der Waals surface area contributed by atoms with Crippen molar-refractivity contribution in [3.8, 4) is 0 Å². The molecule has 1 N–H and O–H groups in total. The summed E-state index contributed by atoms with van der Waals surface area (Å²) in [6.45, 7) is 11.1. The number of nitrogens with one attached hydrogen (secondary N) is 1. The standard InChI is InChI=1S/C23H32N4O3S/c1-17(28)24-21-25-20(16-31-21)10-9-18-5-7-19(8-6-18)15-26-11-13-27(14-12-26)22(29)30-23(2,3)4/h5-8,16H,9-15H2,1-4H3,(H,24,25,28). The van der Waals surface area contributed by atoms with Gasteiger partial charge in [-0.15, -0.1) is 11.3 Å². The molecule has 0 unspecified atom stereocenters. The minimum Gasteiger partial charge on any atom is -0.444 e. The summed E-state index contributed by atoms with van der Waals surface area (Å²) in [7, 11) is 0. The van der Waals surface area contributed by atoms with Gasteiger partial charge in [0, 0.05) is 45.0 Å². The quantitative estimate of drug-likeness (QED) is 0.730. The van der Waals surface area contributed by atoms with E-state index < -0.39 is 5.60 Å². The van der Waals surface area contributed by atoms with E-state index in [4.69, 9.17) is 4.74 Å². The molecule has 168 valence electrons. The van der Waals surface area contributed by atoms with Crippen LogP contribution in [0, 0.1) is 0 Å². The lowest BCUT2D eigenvalue weighted by Gasteiger charge is -2.35. The summed E-state index contributed by atoms with van der Waals surface area (Å²) in [5, 5.41) is 5.38. The van der Waals surface area contributed by atoms with E-state index >= 15 is 0 Å². The van der Waals surface area contributed by atoms with Crippen LogP contribution in [0.25, 0.3) is 0 Å². The van der Waals surface area contributed by atoms with Gasteiger partial charge in [0.05, 0.1) is 5.69 Å². The summed E-state index contributed by atoms with van der Waals surface area (Å²) < 4.78 is 5.46. The topological polar surface area (TPSA) is 74.8 Å². The van der Waals surface area contributed by atoms with Gasteiger partial charge in [0.25, 0.3) is 0 Å². The van der Waals surface area contributed by atoms with Crippen LogP contribution in [-0.2, 0) is 28.9 Å². The number of aryl methyl sites for hydroxylation is 2. The van der Waals surface area contributed by atoms with Crippen LogP contribution in [-0.4, -0.2) is 58.6 Å². The number of hydrogen-bond donors (Lipinski definition) is 1. The first-order chi connectivity index (χ1) is 14.7. The number of aromatic nitrogens is 1. The lowest BCUT2D eigenvalue weighted by atomic mass is 10.1. The van der Waals surface area contributed by atoms with Crippen molar-refractivity contribution in [1.29, 1.82) is 0 Å². The first-order valence-corrected chi connectivity index (χ1v) is 11.6. The van der Waals surface area contributed by atoms with Crippen molar-refractivity contribution in [2.45, 2.75) is 52.7 Å². The highest BCUT2D eigenvalue weighted by Gasteiger charge is 2.25. The number of amides is 2. The van der Waals surface area contributed by atoms with Gasteiger partial charge in [-0.05, 0) is 44.7 Å². The highest BCUT2D eigenvalue weighted by molar-refractivity contribution is 7.13. The molecule has 1 aromatic carbocycles. The zero-order valence-corrected chi connectivity index (χ0v) is 19.6. The molecule has 2 heterocycles. The molecule has 0 spiro atoms. The molecule has 1 saturated heterocycles. The minimum atomic E-state index is -0.455. The van der Waals surface area contributed by atoms with Gasteiger partial charge in [-0.1, -0.05) is 24.3 Å².